The van der Waals surface area contributed by atoms with E-state index in [1.54, 1.807) is 0 Å². The summed E-state index contributed by atoms with van der Waals surface area (Å²) in [7, 11) is 0. The van der Waals surface area contributed by atoms with Gasteiger partial charge in [0.25, 0.3) is 0 Å². The van der Waals surface area contributed by atoms with Crippen LogP contribution in [0.25, 0.3) is 0 Å². The summed E-state index contributed by atoms with van der Waals surface area (Å²) >= 11 is 0. The molecule has 0 N–H and O–H groups in total. The molecule has 0 radical (unpaired) electrons. The zero-order valence-corrected chi connectivity index (χ0v) is 9.47. The minimum absolute atomic E-state index is 0.100. The van der Waals surface area contributed by atoms with Gasteiger partial charge < -0.3 is 5.11 Å². The van der Waals surface area contributed by atoms with Crippen LogP contribution < -0.4 is 5.11 Å². The zero-order valence-electron chi connectivity index (χ0n) is 9.47. The Labute approximate surface area is 94.5 Å². The van der Waals surface area contributed by atoms with Gasteiger partial charge in [-0.3, -0.25) is 9.69 Å². The first-order valence-corrected chi connectivity index (χ1v) is 5.19. The van der Waals surface area contributed by atoms with Crippen LogP contribution in [0.1, 0.15) is 20.3 Å². The molecule has 0 spiro atoms. The normalized spacial score (nSPS) is 21.3. The molecular formula is C11H15N2O3-. The van der Waals surface area contributed by atoms with Crippen LogP contribution >= 0.6 is 0 Å². The van der Waals surface area contributed by atoms with Crippen LogP contribution in [0.4, 0.5) is 4.79 Å². The first kappa shape index (κ1) is 12.4. The van der Waals surface area contributed by atoms with Gasteiger partial charge in [-0.2, -0.15) is 0 Å². The minimum Gasteiger partial charge on any atom is -0.861 e. The summed E-state index contributed by atoms with van der Waals surface area (Å²) < 4.78 is 0. The van der Waals surface area contributed by atoms with Crippen molar-refractivity contribution in [2.45, 2.75) is 20.3 Å². The van der Waals surface area contributed by atoms with Crippen LogP contribution in [0.15, 0.2) is 17.6 Å². The largest absolute Gasteiger partial charge is 0.861 e. The molecule has 5 heteroatoms. The van der Waals surface area contributed by atoms with Gasteiger partial charge >= 0.3 is 6.03 Å². The number of aliphatic imine (C=N–C) groups is 1. The van der Waals surface area contributed by atoms with Crippen LogP contribution in [0.2, 0.25) is 0 Å². The lowest BCUT2D eigenvalue weighted by atomic mass is 9.94. The van der Waals surface area contributed by atoms with Crippen molar-refractivity contribution in [2.24, 2.45) is 16.8 Å². The van der Waals surface area contributed by atoms with E-state index in [1.807, 2.05) is 13.8 Å². The predicted molar refractivity (Wildman–Crippen MR) is 57.7 cm³/mol. The van der Waals surface area contributed by atoms with E-state index >= 15 is 0 Å². The molecule has 0 aliphatic carbocycles. The van der Waals surface area contributed by atoms with Crippen molar-refractivity contribution in [1.29, 1.82) is 0 Å². The lowest BCUT2D eigenvalue weighted by molar-refractivity contribution is -0.225. The Balaban J connectivity index is 2.93. The Morgan fingerprint density at radius 2 is 2.19 bits per heavy atom. The average molecular weight is 223 g/mol. The molecule has 88 valence electrons. The molecule has 1 rings (SSSR count). The van der Waals surface area contributed by atoms with E-state index in [9.17, 15) is 14.7 Å². The first-order chi connectivity index (χ1) is 7.47. The maximum atomic E-state index is 11.8. The molecule has 5 nitrogen and oxygen atoms in total. The number of hydrogen-bond donors (Lipinski definition) is 0. The second-order valence-electron chi connectivity index (χ2n) is 4.15. The number of carbonyl (C=O) groups excluding carboxylic acids is 2. The molecule has 1 unspecified atom stereocenters. The molecule has 1 heterocycles. The molecule has 0 aromatic rings. The Morgan fingerprint density at radius 1 is 1.56 bits per heavy atom. The van der Waals surface area contributed by atoms with Crippen LogP contribution in [0, 0.1) is 11.8 Å². The summed E-state index contributed by atoms with van der Waals surface area (Å²) in [6.07, 6.45) is 1.86. The van der Waals surface area contributed by atoms with Gasteiger partial charge in [0.15, 0.2) is 0 Å². The highest BCUT2D eigenvalue weighted by atomic mass is 16.3. The van der Waals surface area contributed by atoms with E-state index in [1.165, 1.54) is 6.08 Å². The number of carbonyl (C=O) groups is 2. The number of hydrogen-bond acceptors (Lipinski definition) is 3. The summed E-state index contributed by atoms with van der Waals surface area (Å²) in [6.45, 7) is 7.38. The number of nitrogens with zero attached hydrogens (tertiary/aromatic N) is 2. The van der Waals surface area contributed by atoms with E-state index < -0.39 is 23.8 Å². The SMILES string of the molecule is C=CCN1C(=O)N=C([O-])C(CC(C)C)C1=O. The molecule has 0 fully saturated rings. The van der Waals surface area contributed by atoms with Crippen molar-refractivity contribution in [3.63, 3.8) is 0 Å². The van der Waals surface area contributed by atoms with E-state index in [0.29, 0.717) is 6.42 Å². The van der Waals surface area contributed by atoms with Gasteiger partial charge in [0.05, 0.1) is 5.92 Å². The lowest BCUT2D eigenvalue weighted by Crippen LogP contribution is -2.50. The molecular weight excluding hydrogens is 208 g/mol. The molecule has 0 saturated carbocycles. The monoisotopic (exact) mass is 223 g/mol. The number of rotatable bonds is 4. The van der Waals surface area contributed by atoms with Crippen LogP contribution in [-0.2, 0) is 4.79 Å². The van der Waals surface area contributed by atoms with E-state index in [2.05, 4.69) is 11.6 Å². The van der Waals surface area contributed by atoms with Gasteiger partial charge in [-0.1, -0.05) is 19.9 Å². The summed E-state index contributed by atoms with van der Waals surface area (Å²) in [5.74, 6) is -1.69. The number of imide groups is 1. The fourth-order valence-electron chi connectivity index (χ4n) is 1.59. The topological polar surface area (TPSA) is 72.8 Å². The molecule has 16 heavy (non-hydrogen) atoms. The standard InChI is InChI=1S/C11H16N2O3/c1-4-5-13-10(15)8(6-7(2)3)9(14)12-11(13)16/h4,7-8H,1,5-6H2,2-3H3,(H,12,14,16)/p-1. The highest BCUT2D eigenvalue weighted by Crippen LogP contribution is 2.19. The van der Waals surface area contributed by atoms with E-state index in [0.717, 1.165) is 4.90 Å². The average Bonchev–Trinajstić information content (AvgIpc) is 2.19. The van der Waals surface area contributed by atoms with Crippen molar-refractivity contribution in [1.82, 2.24) is 4.90 Å². The van der Waals surface area contributed by atoms with Gasteiger partial charge in [-0.15, -0.1) is 6.58 Å². The first-order valence-electron chi connectivity index (χ1n) is 5.19. The van der Waals surface area contributed by atoms with Crippen LogP contribution in [0.5, 0.6) is 0 Å². The second kappa shape index (κ2) is 4.92. The smallest absolute Gasteiger partial charge is 0.349 e. The van der Waals surface area contributed by atoms with Gasteiger partial charge in [-0.05, 0) is 18.2 Å². The Hall–Kier alpha value is -1.65. The lowest BCUT2D eigenvalue weighted by Gasteiger charge is -2.32. The van der Waals surface area contributed by atoms with Gasteiger partial charge in [0.2, 0.25) is 5.91 Å². The third-order valence-electron chi connectivity index (χ3n) is 2.32. The van der Waals surface area contributed by atoms with Gasteiger partial charge in [0.1, 0.15) is 0 Å². The summed E-state index contributed by atoms with van der Waals surface area (Å²) in [5, 5.41) is 11.4. The van der Waals surface area contributed by atoms with E-state index in [4.69, 9.17) is 0 Å². The fourth-order valence-corrected chi connectivity index (χ4v) is 1.59. The van der Waals surface area contributed by atoms with Crippen molar-refractivity contribution in [3.05, 3.63) is 12.7 Å². The number of urea groups is 1. The van der Waals surface area contributed by atoms with Crippen molar-refractivity contribution < 1.29 is 14.7 Å². The quantitative estimate of drug-likeness (QED) is 0.653. The van der Waals surface area contributed by atoms with Crippen molar-refractivity contribution in [3.8, 4) is 0 Å². The Kier molecular flexibility index (Phi) is 3.82. The molecule has 0 saturated heterocycles. The highest BCUT2D eigenvalue weighted by Gasteiger charge is 2.32. The van der Waals surface area contributed by atoms with E-state index in [-0.39, 0.29) is 12.5 Å². The molecule has 3 amide bonds. The third kappa shape index (κ3) is 2.48. The number of amides is 3. The maximum Gasteiger partial charge on any atom is 0.349 e. The second-order valence-corrected chi connectivity index (χ2v) is 4.15. The molecule has 1 atom stereocenters. The zero-order chi connectivity index (χ0) is 12.3. The highest BCUT2D eigenvalue weighted by molar-refractivity contribution is 6.12. The third-order valence-corrected chi connectivity index (χ3v) is 2.32. The summed E-state index contributed by atoms with van der Waals surface area (Å²) in [6, 6.07) is -0.782. The molecule has 1 aliphatic heterocycles. The van der Waals surface area contributed by atoms with Gasteiger partial charge in [-0.25, -0.2) is 9.79 Å². The maximum absolute atomic E-state index is 11.8. The predicted octanol–water partition coefficient (Wildman–Crippen LogP) is 0.556. The summed E-state index contributed by atoms with van der Waals surface area (Å²) in [5.41, 5.74) is 0. The molecule has 0 bridgehead atoms. The van der Waals surface area contributed by atoms with Crippen LogP contribution in [-0.4, -0.2) is 29.3 Å². The summed E-state index contributed by atoms with van der Waals surface area (Å²) in [4.78, 5) is 27.5. The molecule has 0 aromatic carbocycles. The minimum atomic E-state index is -0.808. The molecule has 1 aliphatic rings. The van der Waals surface area contributed by atoms with Crippen molar-refractivity contribution in [2.75, 3.05) is 6.54 Å². The van der Waals surface area contributed by atoms with Crippen molar-refractivity contribution >= 4 is 17.8 Å². The molecule has 0 aromatic heterocycles. The fraction of sp³-hybridized carbons (Fsp3) is 0.545. The Bertz CT molecular complexity index is 347. The Morgan fingerprint density at radius 3 is 2.69 bits per heavy atom. The van der Waals surface area contributed by atoms with Crippen LogP contribution in [0.3, 0.4) is 0 Å². The van der Waals surface area contributed by atoms with Gasteiger partial charge in [0, 0.05) is 6.54 Å².